The monoisotopic (exact) mass is 824 g/mol. The van der Waals surface area contributed by atoms with Crippen LogP contribution < -0.4 is 5.73 Å². The Morgan fingerprint density at radius 2 is 0.912 bits per heavy atom. The average molecular weight is 824 g/mol. The predicted octanol–water partition coefficient (Wildman–Crippen LogP) is 13.5. The number of hydrogen-bond donors (Lipinski definition) is 2. The van der Waals surface area contributed by atoms with Crippen LogP contribution in [0.2, 0.25) is 0 Å². The third-order valence-electron chi connectivity index (χ3n) is 9.69. The Bertz CT molecular complexity index is 1080. The second-order valence-corrected chi connectivity index (χ2v) is 16.7. The lowest BCUT2D eigenvalue weighted by molar-refractivity contribution is -0.161. The van der Waals surface area contributed by atoms with Crippen LogP contribution >= 0.6 is 7.82 Å². The van der Waals surface area contributed by atoms with Gasteiger partial charge in [0.25, 0.3) is 0 Å². The molecule has 0 radical (unpaired) electrons. The number of unbranched alkanes of at least 4 members (excludes halogenated alkanes) is 22. The summed E-state index contributed by atoms with van der Waals surface area (Å²) in [5.41, 5.74) is 5.35. The van der Waals surface area contributed by atoms with E-state index in [2.05, 4.69) is 62.5 Å². The highest BCUT2D eigenvalue weighted by Gasteiger charge is 2.26. The molecule has 0 spiro atoms. The molecule has 10 heteroatoms. The van der Waals surface area contributed by atoms with E-state index in [1.165, 1.54) is 103 Å². The van der Waals surface area contributed by atoms with E-state index in [0.29, 0.717) is 6.42 Å². The van der Waals surface area contributed by atoms with Crippen LogP contribution in [0.4, 0.5) is 0 Å². The Kier molecular flexibility index (Phi) is 42.0. The molecular formula is C47H86NO8P. The minimum atomic E-state index is -4.38. The molecule has 332 valence electrons. The molecule has 0 heterocycles. The molecule has 0 aromatic heterocycles. The van der Waals surface area contributed by atoms with Crippen LogP contribution in [0.1, 0.15) is 206 Å². The lowest BCUT2D eigenvalue weighted by Crippen LogP contribution is -2.29. The van der Waals surface area contributed by atoms with Gasteiger partial charge in [-0.1, -0.05) is 165 Å². The summed E-state index contributed by atoms with van der Waals surface area (Å²) in [6.45, 7) is 3.68. The van der Waals surface area contributed by atoms with E-state index in [4.69, 9.17) is 24.3 Å². The van der Waals surface area contributed by atoms with E-state index in [0.717, 1.165) is 70.6 Å². The Morgan fingerprint density at radius 1 is 0.526 bits per heavy atom. The van der Waals surface area contributed by atoms with Crippen molar-refractivity contribution in [1.29, 1.82) is 0 Å². The molecule has 0 aromatic carbocycles. The van der Waals surface area contributed by atoms with E-state index in [-0.39, 0.29) is 32.6 Å². The van der Waals surface area contributed by atoms with Crippen LogP contribution in [0, 0.1) is 0 Å². The summed E-state index contributed by atoms with van der Waals surface area (Å²) in [7, 11) is -4.38. The van der Waals surface area contributed by atoms with Crippen molar-refractivity contribution in [3.63, 3.8) is 0 Å². The van der Waals surface area contributed by atoms with Crippen molar-refractivity contribution in [3.8, 4) is 0 Å². The quantitative estimate of drug-likeness (QED) is 0.0267. The first-order valence-corrected chi connectivity index (χ1v) is 24.6. The molecule has 1 unspecified atom stereocenters. The first kappa shape index (κ1) is 55.0. The number of phosphoric ester groups is 1. The van der Waals surface area contributed by atoms with Crippen molar-refractivity contribution in [1.82, 2.24) is 0 Å². The largest absolute Gasteiger partial charge is 0.472 e. The summed E-state index contributed by atoms with van der Waals surface area (Å²) in [6, 6.07) is 0. The first-order chi connectivity index (χ1) is 27.8. The molecule has 0 amide bonds. The van der Waals surface area contributed by atoms with E-state index in [9.17, 15) is 19.0 Å². The molecule has 2 atom stereocenters. The normalized spacial score (nSPS) is 13.7. The topological polar surface area (TPSA) is 134 Å². The van der Waals surface area contributed by atoms with Crippen LogP contribution in [0.25, 0.3) is 0 Å². The van der Waals surface area contributed by atoms with E-state index in [1.54, 1.807) is 0 Å². The van der Waals surface area contributed by atoms with Gasteiger partial charge in [0.2, 0.25) is 0 Å². The van der Waals surface area contributed by atoms with Crippen LogP contribution in [-0.2, 0) is 32.7 Å². The van der Waals surface area contributed by atoms with Crippen molar-refractivity contribution in [2.75, 3.05) is 26.4 Å². The summed E-state index contributed by atoms with van der Waals surface area (Å²) in [5, 5.41) is 0. The molecule has 0 saturated carbocycles. The molecule has 0 saturated heterocycles. The highest BCUT2D eigenvalue weighted by atomic mass is 31.2. The van der Waals surface area contributed by atoms with Crippen molar-refractivity contribution in [2.24, 2.45) is 5.73 Å². The Balaban J connectivity index is 4.13. The Hall–Kier alpha value is -2.03. The molecule has 0 rings (SSSR count). The maximum absolute atomic E-state index is 12.6. The molecular weight excluding hydrogens is 737 g/mol. The summed E-state index contributed by atoms with van der Waals surface area (Å²) in [6.07, 6.45) is 49.9. The van der Waals surface area contributed by atoms with Crippen molar-refractivity contribution in [3.05, 3.63) is 48.6 Å². The molecule has 0 fully saturated rings. The standard InChI is InChI=1S/C47H86NO8P/c1-3-5-7-9-11-13-15-17-19-21-22-24-26-28-30-32-34-36-38-40-47(50)56-45(44-55-57(51,52)54-42-41-48)43-53-46(49)39-37-35-33-31-29-27-25-23-20-18-16-14-12-10-8-6-4-2/h11-14,17-20,45H,3-10,15-16,21-44,48H2,1-2H3,(H,51,52)/t45-/m1/s1. The molecule has 9 nitrogen and oxygen atoms in total. The van der Waals surface area contributed by atoms with Gasteiger partial charge in [0, 0.05) is 19.4 Å². The second-order valence-electron chi connectivity index (χ2n) is 15.3. The van der Waals surface area contributed by atoms with Crippen molar-refractivity contribution >= 4 is 19.8 Å². The van der Waals surface area contributed by atoms with Gasteiger partial charge in [0.05, 0.1) is 13.2 Å². The lowest BCUT2D eigenvalue weighted by Gasteiger charge is -2.19. The number of hydrogen-bond acceptors (Lipinski definition) is 8. The van der Waals surface area contributed by atoms with Gasteiger partial charge in [-0.25, -0.2) is 4.57 Å². The van der Waals surface area contributed by atoms with E-state index >= 15 is 0 Å². The zero-order valence-corrected chi connectivity index (χ0v) is 37.5. The fourth-order valence-electron chi connectivity index (χ4n) is 6.22. The average Bonchev–Trinajstić information content (AvgIpc) is 3.20. The second kappa shape index (κ2) is 43.5. The van der Waals surface area contributed by atoms with Crippen LogP contribution in [0.5, 0.6) is 0 Å². The Labute approximate surface area is 349 Å². The van der Waals surface area contributed by atoms with Gasteiger partial charge in [-0.3, -0.25) is 18.6 Å². The highest BCUT2D eigenvalue weighted by Crippen LogP contribution is 2.43. The maximum Gasteiger partial charge on any atom is 0.472 e. The molecule has 3 N–H and O–H groups in total. The van der Waals surface area contributed by atoms with Gasteiger partial charge in [0.1, 0.15) is 6.61 Å². The number of carbonyl (C=O) groups excluding carboxylic acids is 2. The van der Waals surface area contributed by atoms with Gasteiger partial charge < -0.3 is 20.1 Å². The predicted molar refractivity (Wildman–Crippen MR) is 238 cm³/mol. The van der Waals surface area contributed by atoms with Gasteiger partial charge >= 0.3 is 19.8 Å². The van der Waals surface area contributed by atoms with E-state index in [1.807, 2.05) is 0 Å². The number of carbonyl (C=O) groups is 2. The summed E-state index contributed by atoms with van der Waals surface area (Å²) in [5.74, 6) is -0.841. The maximum atomic E-state index is 12.6. The zero-order chi connectivity index (χ0) is 41.8. The third kappa shape index (κ3) is 43.4. The minimum absolute atomic E-state index is 0.0503. The highest BCUT2D eigenvalue weighted by molar-refractivity contribution is 7.47. The van der Waals surface area contributed by atoms with Crippen molar-refractivity contribution in [2.45, 2.75) is 213 Å². The fraction of sp³-hybridized carbons (Fsp3) is 0.787. The van der Waals surface area contributed by atoms with Crippen molar-refractivity contribution < 1.29 is 37.6 Å². The fourth-order valence-corrected chi connectivity index (χ4v) is 6.99. The van der Waals surface area contributed by atoms with Crippen LogP contribution in [0.15, 0.2) is 48.6 Å². The number of nitrogens with two attached hydrogens (primary N) is 1. The number of allylic oxidation sites excluding steroid dienone is 8. The molecule has 0 aliphatic heterocycles. The molecule has 0 aliphatic carbocycles. The molecule has 0 aromatic rings. The molecule has 57 heavy (non-hydrogen) atoms. The number of ether oxygens (including phenoxy) is 2. The smallest absolute Gasteiger partial charge is 0.462 e. The third-order valence-corrected chi connectivity index (χ3v) is 10.7. The number of rotatable bonds is 43. The van der Waals surface area contributed by atoms with Crippen LogP contribution in [0.3, 0.4) is 0 Å². The van der Waals surface area contributed by atoms with Crippen LogP contribution in [-0.4, -0.2) is 49.3 Å². The summed E-state index contributed by atoms with van der Waals surface area (Å²) < 4.78 is 32.8. The first-order valence-electron chi connectivity index (χ1n) is 23.1. The lowest BCUT2D eigenvalue weighted by atomic mass is 10.1. The number of phosphoric acid groups is 1. The van der Waals surface area contributed by atoms with Gasteiger partial charge in [-0.15, -0.1) is 0 Å². The van der Waals surface area contributed by atoms with Gasteiger partial charge in [-0.2, -0.15) is 0 Å². The SMILES string of the molecule is CCCCCC=CCC=CCCCCCCCCCCCC(=O)O[C@H](COC(=O)CCCCCCCCCC=CCC=CCCCCC)COP(=O)(O)OCCN. The Morgan fingerprint density at radius 3 is 1.33 bits per heavy atom. The van der Waals surface area contributed by atoms with Gasteiger partial charge in [0.15, 0.2) is 6.10 Å². The number of esters is 2. The minimum Gasteiger partial charge on any atom is -0.462 e. The van der Waals surface area contributed by atoms with E-state index < -0.39 is 32.5 Å². The zero-order valence-electron chi connectivity index (χ0n) is 36.6. The summed E-state index contributed by atoms with van der Waals surface area (Å²) >= 11 is 0. The van der Waals surface area contributed by atoms with Gasteiger partial charge in [-0.05, 0) is 77.0 Å². The molecule has 0 bridgehead atoms. The molecule has 0 aliphatic rings. The summed E-state index contributed by atoms with van der Waals surface area (Å²) in [4.78, 5) is 34.9.